The van der Waals surface area contributed by atoms with Crippen LogP contribution in [0.5, 0.6) is 0 Å². The number of hydrogen-bond acceptors (Lipinski definition) is 3. The Kier molecular flexibility index (Phi) is 5.97. The smallest absolute Gasteiger partial charge is 0.320 e. The predicted octanol–water partition coefficient (Wildman–Crippen LogP) is 4.50. The van der Waals surface area contributed by atoms with Crippen molar-refractivity contribution in [1.82, 2.24) is 4.98 Å². The van der Waals surface area contributed by atoms with Gasteiger partial charge in [0.15, 0.2) is 0 Å². The SMILES string of the molecule is O=P(O)(O)C(F)(F)c1ccc(CSCc2ccccn2)cc1Br. The fourth-order valence-corrected chi connectivity index (χ4v) is 4.04. The number of nitrogens with zero attached hydrogens (tertiary/aromatic N) is 1. The average molecular weight is 424 g/mol. The first-order chi connectivity index (χ1) is 10.7. The van der Waals surface area contributed by atoms with Gasteiger partial charge in [0.1, 0.15) is 0 Å². The fourth-order valence-electron chi connectivity index (χ4n) is 1.81. The molecule has 1 aromatic heterocycles. The normalized spacial score (nSPS) is 12.4. The highest BCUT2D eigenvalue weighted by molar-refractivity contribution is 9.10. The lowest BCUT2D eigenvalue weighted by Crippen LogP contribution is -2.14. The molecule has 0 saturated heterocycles. The van der Waals surface area contributed by atoms with E-state index in [1.54, 1.807) is 18.0 Å². The Bertz CT molecular complexity index is 727. The maximum absolute atomic E-state index is 13.7. The van der Waals surface area contributed by atoms with Crippen LogP contribution in [0.25, 0.3) is 0 Å². The molecular weight excluding hydrogens is 411 g/mol. The Hall–Kier alpha value is -0.790. The van der Waals surface area contributed by atoms with E-state index < -0.39 is 18.8 Å². The van der Waals surface area contributed by atoms with Crippen molar-refractivity contribution in [2.75, 3.05) is 0 Å². The lowest BCUT2D eigenvalue weighted by atomic mass is 10.1. The third kappa shape index (κ3) is 4.61. The summed E-state index contributed by atoms with van der Waals surface area (Å²) in [5.41, 5.74) is -3.25. The first-order valence-corrected chi connectivity index (χ1v) is 9.98. The average Bonchev–Trinajstić information content (AvgIpc) is 2.47. The molecule has 0 unspecified atom stereocenters. The number of benzene rings is 1. The van der Waals surface area contributed by atoms with E-state index in [4.69, 9.17) is 9.79 Å². The molecule has 124 valence electrons. The minimum absolute atomic E-state index is 0.0261. The number of halogens is 3. The zero-order chi connectivity index (χ0) is 17.1. The minimum atomic E-state index is -5.57. The van der Waals surface area contributed by atoms with Gasteiger partial charge in [-0.05, 0) is 23.8 Å². The third-order valence-electron chi connectivity index (χ3n) is 2.97. The molecular formula is C14H13BrF2NO3PS. The van der Waals surface area contributed by atoms with E-state index in [0.29, 0.717) is 11.5 Å². The number of rotatable bonds is 6. The van der Waals surface area contributed by atoms with Crippen LogP contribution in [0.2, 0.25) is 0 Å². The van der Waals surface area contributed by atoms with Crippen LogP contribution < -0.4 is 0 Å². The van der Waals surface area contributed by atoms with Gasteiger partial charge in [0.25, 0.3) is 0 Å². The highest BCUT2D eigenvalue weighted by Crippen LogP contribution is 2.60. The molecule has 4 nitrogen and oxygen atoms in total. The van der Waals surface area contributed by atoms with Crippen LogP contribution in [-0.4, -0.2) is 14.8 Å². The Morgan fingerprint density at radius 2 is 1.96 bits per heavy atom. The molecule has 0 amide bonds. The zero-order valence-corrected chi connectivity index (χ0v) is 15.0. The Morgan fingerprint density at radius 1 is 1.22 bits per heavy atom. The summed E-state index contributed by atoms with van der Waals surface area (Å²) < 4.78 is 38.4. The van der Waals surface area contributed by atoms with E-state index in [0.717, 1.165) is 17.3 Å². The van der Waals surface area contributed by atoms with Crippen molar-refractivity contribution < 1.29 is 23.1 Å². The van der Waals surface area contributed by atoms with Gasteiger partial charge in [-0.25, -0.2) is 0 Å². The summed E-state index contributed by atoms with van der Waals surface area (Å²) in [6, 6.07) is 9.54. The van der Waals surface area contributed by atoms with E-state index >= 15 is 0 Å². The lowest BCUT2D eigenvalue weighted by Gasteiger charge is -2.19. The van der Waals surface area contributed by atoms with Gasteiger partial charge < -0.3 is 9.79 Å². The molecule has 1 heterocycles. The number of hydrogen-bond donors (Lipinski definition) is 2. The topological polar surface area (TPSA) is 70.4 Å². The van der Waals surface area contributed by atoms with Crippen LogP contribution in [0.3, 0.4) is 0 Å². The first-order valence-electron chi connectivity index (χ1n) is 6.42. The van der Waals surface area contributed by atoms with Gasteiger partial charge in [0, 0.05) is 27.7 Å². The van der Waals surface area contributed by atoms with Gasteiger partial charge in [-0.15, -0.1) is 0 Å². The second kappa shape index (κ2) is 7.40. The van der Waals surface area contributed by atoms with Gasteiger partial charge in [0.05, 0.1) is 5.69 Å². The van der Waals surface area contributed by atoms with Crippen LogP contribution >= 0.6 is 35.3 Å². The van der Waals surface area contributed by atoms with Gasteiger partial charge >= 0.3 is 13.3 Å². The Labute approximate surface area is 144 Å². The van der Waals surface area contributed by atoms with Crippen molar-refractivity contribution in [2.45, 2.75) is 17.2 Å². The van der Waals surface area contributed by atoms with Crippen molar-refractivity contribution in [3.63, 3.8) is 0 Å². The molecule has 2 aromatic rings. The van der Waals surface area contributed by atoms with Gasteiger partial charge in [-0.1, -0.05) is 34.1 Å². The van der Waals surface area contributed by atoms with E-state index in [2.05, 4.69) is 20.9 Å². The third-order valence-corrected chi connectivity index (χ3v) is 5.63. The summed E-state index contributed by atoms with van der Waals surface area (Å²) in [6.07, 6.45) is 1.70. The molecule has 0 saturated carbocycles. The Morgan fingerprint density at radius 3 is 2.52 bits per heavy atom. The monoisotopic (exact) mass is 423 g/mol. The first kappa shape index (κ1) is 18.5. The highest BCUT2D eigenvalue weighted by atomic mass is 79.9. The summed E-state index contributed by atoms with van der Waals surface area (Å²) in [7, 11) is -5.57. The molecule has 9 heteroatoms. The van der Waals surface area contributed by atoms with Crippen LogP contribution in [0.4, 0.5) is 8.78 Å². The molecule has 2 N–H and O–H groups in total. The van der Waals surface area contributed by atoms with Crippen molar-refractivity contribution in [3.8, 4) is 0 Å². The predicted molar refractivity (Wildman–Crippen MR) is 89.3 cm³/mol. The van der Waals surface area contributed by atoms with Gasteiger partial charge in [0.2, 0.25) is 0 Å². The van der Waals surface area contributed by atoms with Crippen molar-refractivity contribution >= 4 is 35.3 Å². The fraction of sp³-hybridized carbons (Fsp3) is 0.214. The molecule has 0 bridgehead atoms. The molecule has 0 atom stereocenters. The van der Waals surface area contributed by atoms with E-state index in [1.807, 2.05) is 18.2 Å². The molecule has 0 radical (unpaired) electrons. The molecule has 0 fully saturated rings. The molecule has 0 aliphatic carbocycles. The molecule has 0 aliphatic rings. The molecule has 0 spiro atoms. The standard InChI is InChI=1S/C14H13BrF2NO3PS/c15-13-7-10(8-23-9-11-3-1-2-6-18-11)4-5-12(13)14(16,17)22(19,20)21/h1-7H,8-9H2,(H2,19,20,21). The van der Waals surface area contributed by atoms with Crippen LogP contribution in [-0.2, 0) is 21.7 Å². The number of pyridine rings is 1. The highest BCUT2D eigenvalue weighted by Gasteiger charge is 2.51. The van der Waals surface area contributed by atoms with Crippen LogP contribution in [0.15, 0.2) is 47.1 Å². The molecule has 0 aliphatic heterocycles. The largest absolute Gasteiger partial charge is 0.399 e. The van der Waals surface area contributed by atoms with E-state index in [9.17, 15) is 13.3 Å². The number of thioether (sulfide) groups is 1. The second-order valence-electron chi connectivity index (χ2n) is 4.71. The Balaban J connectivity index is 2.06. The summed E-state index contributed by atoms with van der Waals surface area (Å²) >= 11 is 4.53. The minimum Gasteiger partial charge on any atom is -0.320 e. The van der Waals surface area contributed by atoms with Crippen molar-refractivity contribution in [2.24, 2.45) is 0 Å². The summed E-state index contributed by atoms with van der Waals surface area (Å²) in [6.45, 7) is 0. The molecule has 23 heavy (non-hydrogen) atoms. The summed E-state index contributed by atoms with van der Waals surface area (Å²) in [5.74, 6) is 1.25. The van der Waals surface area contributed by atoms with Gasteiger partial charge in [-0.3, -0.25) is 9.55 Å². The van der Waals surface area contributed by atoms with E-state index in [1.165, 1.54) is 12.1 Å². The van der Waals surface area contributed by atoms with Crippen LogP contribution in [0.1, 0.15) is 16.8 Å². The number of alkyl halides is 2. The van der Waals surface area contributed by atoms with Crippen molar-refractivity contribution in [1.29, 1.82) is 0 Å². The molecule has 2 rings (SSSR count). The molecule has 1 aromatic carbocycles. The van der Waals surface area contributed by atoms with Gasteiger partial charge in [-0.2, -0.15) is 20.5 Å². The summed E-state index contributed by atoms with van der Waals surface area (Å²) in [4.78, 5) is 21.8. The quantitative estimate of drug-likeness (QED) is 0.669. The maximum Gasteiger partial charge on any atom is 0.399 e. The maximum atomic E-state index is 13.7. The van der Waals surface area contributed by atoms with E-state index in [-0.39, 0.29) is 4.47 Å². The second-order valence-corrected chi connectivity index (χ2v) is 8.20. The number of aromatic nitrogens is 1. The lowest BCUT2D eigenvalue weighted by molar-refractivity contribution is 0.0557. The zero-order valence-electron chi connectivity index (χ0n) is 11.7. The van der Waals surface area contributed by atoms with Crippen LogP contribution in [0, 0.1) is 0 Å². The van der Waals surface area contributed by atoms with Crippen molar-refractivity contribution in [3.05, 3.63) is 63.9 Å². The summed E-state index contributed by atoms with van der Waals surface area (Å²) in [5, 5.41) is 0.